The first-order chi connectivity index (χ1) is 10.1. The van der Waals surface area contributed by atoms with Gasteiger partial charge in [-0.25, -0.2) is 0 Å². The van der Waals surface area contributed by atoms with Crippen LogP contribution in [0, 0.1) is 40.9 Å². The predicted molar refractivity (Wildman–Crippen MR) is 90.0 cm³/mol. The molecule has 0 saturated heterocycles. The van der Waals surface area contributed by atoms with E-state index in [1.54, 1.807) is 32.1 Å². The minimum Gasteiger partial charge on any atom is -0.0879 e. The van der Waals surface area contributed by atoms with Gasteiger partial charge in [0.05, 0.1) is 0 Å². The van der Waals surface area contributed by atoms with E-state index >= 15 is 0 Å². The van der Waals surface area contributed by atoms with Crippen LogP contribution in [0.5, 0.6) is 0 Å². The van der Waals surface area contributed by atoms with Gasteiger partial charge >= 0.3 is 0 Å². The molecule has 4 rings (SSSR count). The lowest BCUT2D eigenvalue weighted by molar-refractivity contribution is -0.0470. The maximum Gasteiger partial charge on any atom is -0.00853 e. The van der Waals surface area contributed by atoms with Crippen LogP contribution < -0.4 is 0 Å². The Hall–Kier alpha value is -0.260. The fraction of sp³-hybridized carbons (Fsp3) is 0.905. The van der Waals surface area contributed by atoms with E-state index in [9.17, 15) is 0 Å². The van der Waals surface area contributed by atoms with E-state index in [4.69, 9.17) is 0 Å². The van der Waals surface area contributed by atoms with Crippen LogP contribution >= 0.6 is 0 Å². The Bertz CT molecular complexity index is 433. The maximum atomic E-state index is 2.62. The van der Waals surface area contributed by atoms with E-state index in [2.05, 4.69) is 26.8 Å². The highest BCUT2D eigenvalue weighted by molar-refractivity contribution is 5.23. The topological polar surface area (TPSA) is 0 Å². The molecule has 0 unspecified atom stereocenters. The van der Waals surface area contributed by atoms with Crippen LogP contribution in [0.4, 0.5) is 0 Å². The molecule has 4 aliphatic carbocycles. The van der Waals surface area contributed by atoms with Crippen molar-refractivity contribution in [3.05, 3.63) is 11.6 Å². The minimum absolute atomic E-state index is 0.588. The summed E-state index contributed by atoms with van der Waals surface area (Å²) in [4.78, 5) is 0. The number of rotatable bonds is 0. The number of hydrogen-bond acceptors (Lipinski definition) is 0. The van der Waals surface area contributed by atoms with E-state index in [0.29, 0.717) is 5.41 Å². The molecule has 0 amide bonds. The second kappa shape index (κ2) is 5.14. The first-order valence-corrected chi connectivity index (χ1v) is 9.79. The Morgan fingerprint density at radius 3 is 2.57 bits per heavy atom. The Labute approximate surface area is 131 Å². The number of allylic oxidation sites excluding steroid dienone is 2. The molecule has 7 atom stereocenters. The standard InChI is InChI=1S/C21H34/c1-4-16-7-10-20-19-9-6-15-13-14(2)5-8-17(15)18(19)11-12-21(16,20)3/h4,14-15,17-20H,5-13H2,1-3H3/t14-,15+,17-,18+,19+,20-,21+/m0/s1. The molecular weight excluding hydrogens is 252 g/mol. The highest BCUT2D eigenvalue weighted by Crippen LogP contribution is 2.64. The summed E-state index contributed by atoms with van der Waals surface area (Å²) in [7, 11) is 0. The fourth-order valence-corrected chi connectivity index (χ4v) is 7.41. The minimum atomic E-state index is 0.588. The Morgan fingerprint density at radius 1 is 0.952 bits per heavy atom. The molecule has 0 aromatic heterocycles. The normalized spacial score (nSPS) is 54.9. The molecule has 0 bridgehead atoms. The summed E-state index contributed by atoms with van der Waals surface area (Å²) in [5.41, 5.74) is 2.40. The largest absolute Gasteiger partial charge is 0.0879 e. The van der Waals surface area contributed by atoms with Gasteiger partial charge in [0, 0.05) is 0 Å². The van der Waals surface area contributed by atoms with Crippen molar-refractivity contribution < 1.29 is 0 Å². The van der Waals surface area contributed by atoms with E-state index in [1.807, 2.05) is 5.57 Å². The summed E-state index contributed by atoms with van der Waals surface area (Å²) >= 11 is 0. The second-order valence-electron chi connectivity index (χ2n) is 9.16. The molecule has 0 aliphatic heterocycles. The third-order valence-electron chi connectivity index (χ3n) is 8.41. The smallest absolute Gasteiger partial charge is 0.00853 e. The average Bonchev–Trinajstić information content (AvgIpc) is 2.83. The van der Waals surface area contributed by atoms with Crippen molar-refractivity contribution in [3.63, 3.8) is 0 Å². The van der Waals surface area contributed by atoms with Gasteiger partial charge in [-0.05, 0) is 99.2 Å². The summed E-state index contributed by atoms with van der Waals surface area (Å²) in [6.07, 6.45) is 16.2. The zero-order valence-corrected chi connectivity index (χ0v) is 14.4. The highest BCUT2D eigenvalue weighted by Gasteiger charge is 2.54. The van der Waals surface area contributed by atoms with Gasteiger partial charge in [-0.3, -0.25) is 0 Å². The van der Waals surface area contributed by atoms with Gasteiger partial charge in [-0.15, -0.1) is 0 Å². The summed E-state index contributed by atoms with van der Waals surface area (Å²) in [6.45, 7) is 7.40. The second-order valence-corrected chi connectivity index (χ2v) is 9.16. The molecule has 0 heterocycles. The van der Waals surface area contributed by atoms with Crippen LogP contribution in [0.15, 0.2) is 11.6 Å². The Kier molecular flexibility index (Phi) is 3.51. The van der Waals surface area contributed by atoms with Crippen molar-refractivity contribution in [2.75, 3.05) is 0 Å². The highest BCUT2D eigenvalue weighted by atomic mass is 14.6. The van der Waals surface area contributed by atoms with Crippen molar-refractivity contribution in [2.24, 2.45) is 40.9 Å². The average molecular weight is 287 g/mol. The van der Waals surface area contributed by atoms with Crippen molar-refractivity contribution in [2.45, 2.75) is 78.6 Å². The fourth-order valence-electron chi connectivity index (χ4n) is 7.41. The Balaban J connectivity index is 1.58. The lowest BCUT2D eigenvalue weighted by Crippen LogP contribution is -2.47. The van der Waals surface area contributed by atoms with Crippen LogP contribution in [-0.2, 0) is 0 Å². The lowest BCUT2D eigenvalue weighted by atomic mass is 9.50. The van der Waals surface area contributed by atoms with Crippen molar-refractivity contribution in [1.29, 1.82) is 0 Å². The molecule has 4 aliphatic rings. The molecule has 0 spiro atoms. The maximum absolute atomic E-state index is 2.62. The van der Waals surface area contributed by atoms with E-state index in [1.165, 1.54) is 25.7 Å². The van der Waals surface area contributed by atoms with Crippen molar-refractivity contribution in [1.82, 2.24) is 0 Å². The van der Waals surface area contributed by atoms with Gasteiger partial charge in [0.15, 0.2) is 0 Å². The van der Waals surface area contributed by atoms with Gasteiger partial charge in [0.2, 0.25) is 0 Å². The van der Waals surface area contributed by atoms with E-state index in [-0.39, 0.29) is 0 Å². The molecule has 118 valence electrons. The molecule has 0 heteroatoms. The van der Waals surface area contributed by atoms with Crippen LogP contribution in [0.3, 0.4) is 0 Å². The molecule has 0 aromatic rings. The van der Waals surface area contributed by atoms with Crippen LogP contribution in [0.1, 0.15) is 78.6 Å². The first kappa shape index (κ1) is 14.3. The zero-order valence-electron chi connectivity index (χ0n) is 14.4. The third kappa shape index (κ3) is 2.07. The molecule has 0 radical (unpaired) electrons. The van der Waals surface area contributed by atoms with Crippen LogP contribution in [0.25, 0.3) is 0 Å². The van der Waals surface area contributed by atoms with Crippen LogP contribution in [0.2, 0.25) is 0 Å². The van der Waals surface area contributed by atoms with Gasteiger partial charge < -0.3 is 0 Å². The summed E-state index contributed by atoms with van der Waals surface area (Å²) < 4.78 is 0. The van der Waals surface area contributed by atoms with Gasteiger partial charge in [0.25, 0.3) is 0 Å². The molecule has 4 fully saturated rings. The monoisotopic (exact) mass is 286 g/mol. The summed E-state index contributed by atoms with van der Waals surface area (Å²) in [6, 6.07) is 0. The SMILES string of the molecule is CC=C1CC[C@H]2[C@@H]3CC[C@@H]4C[C@@H](C)CC[C@@H]4[C@H]3CC[C@]12C. The summed E-state index contributed by atoms with van der Waals surface area (Å²) in [5, 5.41) is 0. The van der Waals surface area contributed by atoms with Crippen LogP contribution in [-0.4, -0.2) is 0 Å². The van der Waals surface area contributed by atoms with Crippen molar-refractivity contribution in [3.8, 4) is 0 Å². The quantitative estimate of drug-likeness (QED) is 0.464. The first-order valence-electron chi connectivity index (χ1n) is 9.79. The Morgan fingerprint density at radius 2 is 1.76 bits per heavy atom. The number of hydrogen-bond donors (Lipinski definition) is 0. The van der Waals surface area contributed by atoms with E-state index < -0.39 is 0 Å². The molecular formula is C21H34. The third-order valence-corrected chi connectivity index (χ3v) is 8.41. The van der Waals surface area contributed by atoms with E-state index in [0.717, 1.165) is 35.5 Å². The van der Waals surface area contributed by atoms with Gasteiger partial charge in [-0.1, -0.05) is 31.9 Å². The predicted octanol–water partition coefficient (Wildman–Crippen LogP) is 6.22. The summed E-state index contributed by atoms with van der Waals surface area (Å²) in [5.74, 6) is 6.43. The van der Waals surface area contributed by atoms with Gasteiger partial charge in [-0.2, -0.15) is 0 Å². The molecule has 4 saturated carbocycles. The zero-order chi connectivity index (χ0) is 14.6. The molecule has 0 nitrogen and oxygen atoms in total. The lowest BCUT2D eigenvalue weighted by Gasteiger charge is -2.55. The molecule has 21 heavy (non-hydrogen) atoms. The van der Waals surface area contributed by atoms with Crippen molar-refractivity contribution >= 4 is 0 Å². The molecule has 0 N–H and O–H groups in total. The molecule has 0 aromatic carbocycles. The number of fused-ring (bicyclic) bond motifs is 5. The van der Waals surface area contributed by atoms with Gasteiger partial charge in [0.1, 0.15) is 0 Å².